The van der Waals surface area contributed by atoms with Crippen LogP contribution in [-0.4, -0.2) is 25.0 Å². The van der Waals surface area contributed by atoms with Gasteiger partial charge in [-0.1, -0.05) is 43.3 Å². The Kier molecular flexibility index (Phi) is 5.60. The molecule has 5 aromatic rings. The first kappa shape index (κ1) is 20.9. The zero-order valence-corrected chi connectivity index (χ0v) is 18.3. The van der Waals surface area contributed by atoms with E-state index in [1.807, 2.05) is 64.6 Å². The number of hydrogen-bond acceptors (Lipinski definition) is 3. The lowest BCUT2D eigenvalue weighted by molar-refractivity contribution is -0.122. The lowest BCUT2D eigenvalue weighted by Crippen LogP contribution is -2.34. The van der Waals surface area contributed by atoms with E-state index in [4.69, 9.17) is 0 Å². The second-order valence-electron chi connectivity index (χ2n) is 8.01. The third-order valence-electron chi connectivity index (χ3n) is 5.87. The minimum atomic E-state index is -0.351. The molecule has 0 saturated carbocycles. The number of carbonyl (C=O) groups is 1. The summed E-state index contributed by atoms with van der Waals surface area (Å²) in [7, 11) is 0. The van der Waals surface area contributed by atoms with Crippen LogP contribution in [0.3, 0.4) is 0 Å². The first-order valence-corrected chi connectivity index (χ1v) is 11.0. The number of nitrogens with one attached hydrogen (secondary N) is 1. The number of halogens is 1. The standard InChI is InChI=1S/C26H24FN5O/c1-2-25-29-21-8-4-6-10-24(21)32(25)16-26(33)30-22(18-11-13-19(27)14-12-18)15-31-17-28-20-7-3-5-9-23(20)31/h3-14,17,22H,2,15-16H2,1H3,(H,30,33). The summed E-state index contributed by atoms with van der Waals surface area (Å²) in [5.41, 5.74) is 4.51. The number of benzene rings is 3. The third kappa shape index (κ3) is 4.22. The van der Waals surface area contributed by atoms with E-state index in [9.17, 15) is 9.18 Å². The molecule has 0 saturated heterocycles. The van der Waals surface area contributed by atoms with Crippen molar-refractivity contribution in [2.75, 3.05) is 0 Å². The average Bonchev–Trinajstić information content (AvgIpc) is 3.40. The molecule has 1 unspecified atom stereocenters. The van der Waals surface area contributed by atoms with Crippen LogP contribution in [0.4, 0.5) is 4.39 Å². The molecule has 166 valence electrons. The summed E-state index contributed by atoms with van der Waals surface area (Å²) in [6.07, 6.45) is 2.50. The summed E-state index contributed by atoms with van der Waals surface area (Å²) in [5.74, 6) is 0.422. The van der Waals surface area contributed by atoms with Gasteiger partial charge >= 0.3 is 0 Å². The van der Waals surface area contributed by atoms with E-state index < -0.39 is 0 Å². The fourth-order valence-electron chi connectivity index (χ4n) is 4.24. The smallest absolute Gasteiger partial charge is 0.240 e. The summed E-state index contributed by atoms with van der Waals surface area (Å²) < 4.78 is 17.5. The molecule has 3 aromatic carbocycles. The Bertz CT molecular complexity index is 1420. The largest absolute Gasteiger partial charge is 0.346 e. The van der Waals surface area contributed by atoms with E-state index in [0.717, 1.165) is 39.9 Å². The van der Waals surface area contributed by atoms with Gasteiger partial charge in [0.2, 0.25) is 5.91 Å². The maximum absolute atomic E-state index is 13.6. The molecular formula is C26H24FN5O. The van der Waals surface area contributed by atoms with Gasteiger partial charge in [0.15, 0.2) is 0 Å². The minimum absolute atomic E-state index is 0.133. The number of carbonyl (C=O) groups excluding carboxylic acids is 1. The topological polar surface area (TPSA) is 64.7 Å². The van der Waals surface area contributed by atoms with Gasteiger partial charge in [-0.25, -0.2) is 14.4 Å². The Morgan fingerprint density at radius 3 is 2.42 bits per heavy atom. The monoisotopic (exact) mass is 441 g/mol. The van der Waals surface area contributed by atoms with Gasteiger partial charge < -0.3 is 14.5 Å². The van der Waals surface area contributed by atoms with E-state index in [1.54, 1.807) is 18.5 Å². The molecule has 7 heteroatoms. The maximum Gasteiger partial charge on any atom is 0.240 e. The first-order chi connectivity index (χ1) is 16.1. The fourth-order valence-corrected chi connectivity index (χ4v) is 4.24. The van der Waals surface area contributed by atoms with E-state index in [1.165, 1.54) is 12.1 Å². The van der Waals surface area contributed by atoms with Crippen LogP contribution in [0, 0.1) is 5.82 Å². The Labute approximate surface area is 190 Å². The summed E-state index contributed by atoms with van der Waals surface area (Å²) in [6.45, 7) is 2.66. The van der Waals surface area contributed by atoms with Crippen LogP contribution in [0.15, 0.2) is 79.1 Å². The van der Waals surface area contributed by atoms with Crippen molar-refractivity contribution in [2.24, 2.45) is 0 Å². The molecule has 1 atom stereocenters. The van der Waals surface area contributed by atoms with Gasteiger partial charge in [-0.2, -0.15) is 0 Å². The molecule has 1 amide bonds. The Hall–Kier alpha value is -4.00. The number of rotatable bonds is 7. The van der Waals surface area contributed by atoms with Crippen LogP contribution >= 0.6 is 0 Å². The molecule has 0 aliphatic rings. The Morgan fingerprint density at radius 1 is 0.970 bits per heavy atom. The molecule has 2 heterocycles. The molecule has 0 aliphatic carbocycles. The molecule has 0 aliphatic heterocycles. The van der Waals surface area contributed by atoms with Crippen LogP contribution in [0.1, 0.15) is 24.4 Å². The number of fused-ring (bicyclic) bond motifs is 2. The van der Waals surface area contributed by atoms with Crippen molar-refractivity contribution in [2.45, 2.75) is 32.5 Å². The SMILES string of the molecule is CCc1nc2ccccc2n1CC(=O)NC(Cn1cnc2ccccc21)c1ccc(F)cc1. The molecule has 33 heavy (non-hydrogen) atoms. The van der Waals surface area contributed by atoms with Crippen molar-refractivity contribution in [3.05, 3.63) is 96.3 Å². The number of aryl methyl sites for hydroxylation is 1. The average molecular weight is 442 g/mol. The minimum Gasteiger partial charge on any atom is -0.346 e. The molecule has 5 rings (SSSR count). The predicted octanol–water partition coefficient (Wildman–Crippen LogP) is 4.65. The molecular weight excluding hydrogens is 417 g/mol. The second kappa shape index (κ2) is 8.86. The highest BCUT2D eigenvalue weighted by Gasteiger charge is 2.19. The van der Waals surface area contributed by atoms with E-state index in [2.05, 4.69) is 15.3 Å². The van der Waals surface area contributed by atoms with Gasteiger partial charge in [0.05, 0.1) is 34.4 Å². The van der Waals surface area contributed by atoms with Crippen molar-refractivity contribution in [3.8, 4) is 0 Å². The number of hydrogen-bond donors (Lipinski definition) is 1. The lowest BCUT2D eigenvalue weighted by Gasteiger charge is -2.21. The first-order valence-electron chi connectivity index (χ1n) is 11.0. The molecule has 1 N–H and O–H groups in total. The highest BCUT2D eigenvalue weighted by Crippen LogP contribution is 2.21. The van der Waals surface area contributed by atoms with Gasteiger partial charge in [-0.3, -0.25) is 4.79 Å². The van der Waals surface area contributed by atoms with Gasteiger partial charge in [0.1, 0.15) is 18.2 Å². The van der Waals surface area contributed by atoms with Gasteiger partial charge in [0.25, 0.3) is 0 Å². The van der Waals surface area contributed by atoms with E-state index in [0.29, 0.717) is 6.54 Å². The summed E-state index contributed by atoms with van der Waals surface area (Å²) >= 11 is 0. The van der Waals surface area contributed by atoms with Crippen molar-refractivity contribution < 1.29 is 9.18 Å². The number of nitrogens with zero attached hydrogens (tertiary/aromatic N) is 4. The molecule has 0 radical (unpaired) electrons. The van der Waals surface area contributed by atoms with Crippen molar-refractivity contribution in [3.63, 3.8) is 0 Å². The van der Waals surface area contributed by atoms with Crippen LogP contribution in [0.25, 0.3) is 22.1 Å². The van der Waals surface area contributed by atoms with Crippen LogP contribution in [0.5, 0.6) is 0 Å². The Morgan fingerprint density at radius 2 is 1.67 bits per heavy atom. The molecule has 0 spiro atoms. The summed E-state index contributed by atoms with van der Waals surface area (Å²) in [4.78, 5) is 22.3. The van der Waals surface area contributed by atoms with Crippen LogP contribution < -0.4 is 5.32 Å². The van der Waals surface area contributed by atoms with Crippen LogP contribution in [-0.2, 0) is 24.3 Å². The number of imidazole rings is 2. The predicted molar refractivity (Wildman–Crippen MR) is 126 cm³/mol. The highest BCUT2D eigenvalue weighted by molar-refractivity contribution is 5.81. The second-order valence-corrected chi connectivity index (χ2v) is 8.01. The normalized spacial score (nSPS) is 12.3. The van der Waals surface area contributed by atoms with E-state index >= 15 is 0 Å². The summed E-state index contributed by atoms with van der Waals surface area (Å²) in [5, 5.41) is 3.15. The van der Waals surface area contributed by atoms with Gasteiger partial charge in [-0.05, 0) is 42.0 Å². The quantitative estimate of drug-likeness (QED) is 0.400. The molecule has 2 aromatic heterocycles. The maximum atomic E-state index is 13.6. The van der Waals surface area contributed by atoms with Gasteiger partial charge in [-0.15, -0.1) is 0 Å². The molecule has 6 nitrogen and oxygen atoms in total. The highest BCUT2D eigenvalue weighted by atomic mass is 19.1. The fraction of sp³-hybridized carbons (Fsp3) is 0.192. The lowest BCUT2D eigenvalue weighted by atomic mass is 10.1. The van der Waals surface area contributed by atoms with Crippen LogP contribution in [0.2, 0.25) is 0 Å². The van der Waals surface area contributed by atoms with E-state index in [-0.39, 0.29) is 24.3 Å². The van der Waals surface area contributed by atoms with Crippen molar-refractivity contribution in [1.29, 1.82) is 0 Å². The third-order valence-corrected chi connectivity index (χ3v) is 5.87. The molecule has 0 fully saturated rings. The Balaban J connectivity index is 1.43. The van der Waals surface area contributed by atoms with Crippen molar-refractivity contribution >= 4 is 28.0 Å². The zero-order valence-electron chi connectivity index (χ0n) is 18.3. The summed E-state index contributed by atoms with van der Waals surface area (Å²) in [6, 6.07) is 21.6. The van der Waals surface area contributed by atoms with Gasteiger partial charge in [0, 0.05) is 13.0 Å². The van der Waals surface area contributed by atoms with Crippen molar-refractivity contribution in [1.82, 2.24) is 24.4 Å². The molecule has 0 bridgehead atoms. The number of aromatic nitrogens is 4. The number of amides is 1. The number of para-hydroxylation sites is 4. The zero-order chi connectivity index (χ0) is 22.8.